The summed E-state index contributed by atoms with van der Waals surface area (Å²) in [5.41, 5.74) is 1.62. The summed E-state index contributed by atoms with van der Waals surface area (Å²) in [6.07, 6.45) is 0. The molecule has 1 N–H and O–H groups in total. The average Bonchev–Trinajstić information content (AvgIpc) is 2.43. The van der Waals surface area contributed by atoms with Gasteiger partial charge in [0.1, 0.15) is 5.82 Å². The van der Waals surface area contributed by atoms with Gasteiger partial charge in [-0.25, -0.2) is 4.39 Å². The van der Waals surface area contributed by atoms with Gasteiger partial charge in [-0.05, 0) is 52.7 Å². The van der Waals surface area contributed by atoms with Gasteiger partial charge < -0.3 is 10.1 Å². The van der Waals surface area contributed by atoms with Crippen LogP contribution >= 0.6 is 39.1 Å². The van der Waals surface area contributed by atoms with Crippen LogP contribution in [0.15, 0.2) is 34.8 Å². The minimum Gasteiger partial charge on any atom is -0.491 e. The van der Waals surface area contributed by atoms with Gasteiger partial charge in [0.2, 0.25) is 0 Å². The lowest BCUT2D eigenvalue weighted by Gasteiger charge is -2.15. The third-order valence-electron chi connectivity index (χ3n) is 2.76. The molecule has 0 aromatic heterocycles. The van der Waals surface area contributed by atoms with Crippen LogP contribution in [0.4, 0.5) is 10.1 Å². The average molecular weight is 393 g/mol. The zero-order valence-corrected chi connectivity index (χ0v) is 14.3. The van der Waals surface area contributed by atoms with Gasteiger partial charge in [0, 0.05) is 11.6 Å². The van der Waals surface area contributed by atoms with Crippen molar-refractivity contribution >= 4 is 44.8 Å². The van der Waals surface area contributed by atoms with Gasteiger partial charge in [-0.1, -0.05) is 29.3 Å². The number of anilines is 1. The van der Waals surface area contributed by atoms with Crippen molar-refractivity contribution in [3.05, 3.63) is 56.2 Å². The van der Waals surface area contributed by atoms with E-state index >= 15 is 0 Å². The number of ether oxygens (including phenoxy) is 1. The number of hydrogen-bond donors (Lipinski definition) is 1. The van der Waals surface area contributed by atoms with E-state index in [1.807, 2.05) is 6.92 Å². The van der Waals surface area contributed by atoms with Crippen molar-refractivity contribution in [2.75, 3.05) is 11.9 Å². The third kappa shape index (κ3) is 4.25. The first-order chi connectivity index (χ1) is 10.0. The monoisotopic (exact) mass is 391 g/mol. The van der Waals surface area contributed by atoms with Crippen molar-refractivity contribution in [1.29, 1.82) is 0 Å². The predicted molar refractivity (Wildman–Crippen MR) is 89.1 cm³/mol. The topological polar surface area (TPSA) is 21.3 Å². The number of nitrogens with one attached hydrogen (secondary N) is 1. The normalized spacial score (nSPS) is 10.5. The van der Waals surface area contributed by atoms with Crippen molar-refractivity contribution < 1.29 is 9.13 Å². The smallest absolute Gasteiger partial charge is 0.156 e. The Morgan fingerprint density at radius 1 is 1.24 bits per heavy atom. The molecule has 21 heavy (non-hydrogen) atoms. The van der Waals surface area contributed by atoms with E-state index in [0.717, 1.165) is 15.7 Å². The fraction of sp³-hybridized carbons (Fsp3) is 0.200. The number of halogens is 4. The molecule has 0 radical (unpaired) electrons. The van der Waals surface area contributed by atoms with Crippen LogP contribution < -0.4 is 10.1 Å². The van der Waals surface area contributed by atoms with Crippen LogP contribution in [-0.4, -0.2) is 6.61 Å². The first-order valence-corrected chi connectivity index (χ1v) is 7.85. The highest BCUT2D eigenvalue weighted by Gasteiger charge is 2.10. The Hall–Kier alpha value is -0.970. The van der Waals surface area contributed by atoms with E-state index in [0.29, 0.717) is 23.9 Å². The number of rotatable bonds is 5. The molecular formula is C15H13BrCl2FNO. The summed E-state index contributed by atoms with van der Waals surface area (Å²) in [6.45, 7) is 2.93. The maximum absolute atomic E-state index is 13.1. The standard InChI is InChI=1S/C15H13BrCl2FNO/c1-2-21-15-11(16)6-10(17)7-14(15)20-8-9-3-4-13(19)12(18)5-9/h3-7,20H,2,8H2,1H3. The Morgan fingerprint density at radius 3 is 2.67 bits per heavy atom. The van der Waals surface area contributed by atoms with Crippen LogP contribution in [0.3, 0.4) is 0 Å². The Bertz CT molecular complexity index is 652. The minimum absolute atomic E-state index is 0.103. The van der Waals surface area contributed by atoms with E-state index in [9.17, 15) is 4.39 Å². The summed E-state index contributed by atoms with van der Waals surface area (Å²) >= 11 is 15.3. The maximum Gasteiger partial charge on any atom is 0.156 e. The summed E-state index contributed by atoms with van der Waals surface area (Å²) in [5, 5.41) is 3.91. The molecule has 0 saturated carbocycles. The van der Waals surface area contributed by atoms with Crippen molar-refractivity contribution in [3.8, 4) is 5.75 Å². The molecule has 6 heteroatoms. The third-order valence-corrected chi connectivity index (χ3v) is 3.86. The molecule has 0 amide bonds. The van der Waals surface area contributed by atoms with Gasteiger partial charge in [-0.2, -0.15) is 0 Å². The quantitative estimate of drug-likeness (QED) is 0.683. The molecule has 0 bridgehead atoms. The van der Waals surface area contributed by atoms with Crippen molar-refractivity contribution in [2.45, 2.75) is 13.5 Å². The van der Waals surface area contributed by atoms with Crippen LogP contribution in [0.1, 0.15) is 12.5 Å². The summed E-state index contributed by atoms with van der Waals surface area (Å²) in [6, 6.07) is 8.16. The molecule has 0 unspecified atom stereocenters. The van der Waals surface area contributed by atoms with E-state index < -0.39 is 5.82 Å². The summed E-state index contributed by atoms with van der Waals surface area (Å²) < 4.78 is 19.5. The van der Waals surface area contributed by atoms with Gasteiger partial charge in [0.05, 0.1) is 21.8 Å². The molecule has 112 valence electrons. The lowest BCUT2D eigenvalue weighted by atomic mass is 10.2. The van der Waals surface area contributed by atoms with Crippen molar-refractivity contribution in [3.63, 3.8) is 0 Å². The Morgan fingerprint density at radius 2 is 2.00 bits per heavy atom. The summed E-state index contributed by atoms with van der Waals surface area (Å²) in [7, 11) is 0. The second-order valence-electron chi connectivity index (χ2n) is 4.30. The molecule has 0 saturated heterocycles. The van der Waals surface area contributed by atoms with Crippen molar-refractivity contribution in [1.82, 2.24) is 0 Å². The lowest BCUT2D eigenvalue weighted by molar-refractivity contribution is 0.339. The summed E-state index contributed by atoms with van der Waals surface area (Å²) in [5.74, 6) is 0.260. The van der Waals surface area contributed by atoms with Crippen LogP contribution in [-0.2, 0) is 6.54 Å². The van der Waals surface area contributed by atoms with E-state index in [2.05, 4.69) is 21.2 Å². The molecule has 0 aliphatic carbocycles. The molecule has 0 fully saturated rings. The van der Waals surface area contributed by atoms with Crippen LogP contribution in [0.2, 0.25) is 10.0 Å². The van der Waals surface area contributed by atoms with Crippen LogP contribution in [0, 0.1) is 5.82 Å². The van der Waals surface area contributed by atoms with Gasteiger partial charge in [-0.3, -0.25) is 0 Å². The highest BCUT2D eigenvalue weighted by atomic mass is 79.9. The highest BCUT2D eigenvalue weighted by molar-refractivity contribution is 9.10. The molecule has 2 aromatic carbocycles. The molecule has 2 rings (SSSR count). The number of benzene rings is 2. The summed E-state index contributed by atoms with van der Waals surface area (Å²) in [4.78, 5) is 0. The highest BCUT2D eigenvalue weighted by Crippen LogP contribution is 2.36. The first-order valence-electron chi connectivity index (χ1n) is 6.31. The largest absolute Gasteiger partial charge is 0.491 e. The Kier molecular flexibility index (Phi) is 5.73. The molecule has 0 aliphatic heterocycles. The van der Waals surface area contributed by atoms with E-state index in [-0.39, 0.29) is 5.02 Å². The van der Waals surface area contributed by atoms with Gasteiger partial charge in [-0.15, -0.1) is 0 Å². The van der Waals surface area contributed by atoms with E-state index in [4.69, 9.17) is 27.9 Å². The van der Waals surface area contributed by atoms with Gasteiger partial charge >= 0.3 is 0 Å². The van der Waals surface area contributed by atoms with Gasteiger partial charge in [0.25, 0.3) is 0 Å². The molecule has 0 aliphatic rings. The van der Waals surface area contributed by atoms with Crippen LogP contribution in [0.25, 0.3) is 0 Å². The van der Waals surface area contributed by atoms with Crippen molar-refractivity contribution in [2.24, 2.45) is 0 Å². The zero-order chi connectivity index (χ0) is 15.4. The number of hydrogen-bond acceptors (Lipinski definition) is 2. The van der Waals surface area contributed by atoms with Gasteiger partial charge in [0.15, 0.2) is 5.75 Å². The Balaban J connectivity index is 2.20. The molecule has 0 heterocycles. The second-order valence-corrected chi connectivity index (χ2v) is 6.00. The van der Waals surface area contributed by atoms with E-state index in [1.54, 1.807) is 24.3 Å². The minimum atomic E-state index is -0.430. The molecule has 2 nitrogen and oxygen atoms in total. The SMILES string of the molecule is CCOc1c(Br)cc(Cl)cc1NCc1ccc(F)c(Cl)c1. The zero-order valence-electron chi connectivity index (χ0n) is 11.2. The molecular weight excluding hydrogens is 380 g/mol. The maximum atomic E-state index is 13.1. The Labute approximate surface area is 141 Å². The molecule has 2 aromatic rings. The lowest BCUT2D eigenvalue weighted by Crippen LogP contribution is -2.03. The van der Waals surface area contributed by atoms with Crippen LogP contribution in [0.5, 0.6) is 5.75 Å². The fourth-order valence-corrected chi connectivity index (χ4v) is 2.96. The predicted octanol–water partition coefficient (Wildman–Crippen LogP) is 5.91. The van der Waals surface area contributed by atoms with E-state index in [1.165, 1.54) is 6.07 Å². The fourth-order valence-electron chi connectivity index (χ4n) is 1.83. The molecule has 0 spiro atoms. The molecule has 0 atom stereocenters. The second kappa shape index (κ2) is 7.34. The first kappa shape index (κ1) is 16.4.